The van der Waals surface area contributed by atoms with Crippen LogP contribution >= 0.6 is 11.6 Å². The van der Waals surface area contributed by atoms with E-state index in [2.05, 4.69) is 25.0 Å². The first-order valence-corrected chi connectivity index (χ1v) is 7.74. The van der Waals surface area contributed by atoms with E-state index in [4.69, 9.17) is 11.6 Å². The van der Waals surface area contributed by atoms with Gasteiger partial charge in [0.15, 0.2) is 5.82 Å². The van der Waals surface area contributed by atoms with Crippen LogP contribution in [0.3, 0.4) is 0 Å². The molecule has 0 bridgehead atoms. The van der Waals surface area contributed by atoms with Gasteiger partial charge >= 0.3 is 0 Å². The predicted molar refractivity (Wildman–Crippen MR) is 83.1 cm³/mol. The third kappa shape index (κ3) is 3.82. The summed E-state index contributed by atoms with van der Waals surface area (Å²) in [6, 6.07) is 4.60. The topological polar surface area (TPSA) is 48.1 Å². The third-order valence-corrected chi connectivity index (χ3v) is 4.23. The minimum absolute atomic E-state index is 0.291. The second-order valence-corrected chi connectivity index (χ2v) is 6.03. The smallest absolute Gasteiger partial charge is 0.164 e. The summed E-state index contributed by atoms with van der Waals surface area (Å²) in [5.74, 6) is 1.40. The Balaban J connectivity index is 1.51. The van der Waals surface area contributed by atoms with Crippen molar-refractivity contribution < 1.29 is 4.39 Å². The minimum Gasteiger partial charge on any atom is -0.296 e. The van der Waals surface area contributed by atoms with Crippen molar-refractivity contribution in [1.29, 1.82) is 0 Å². The fourth-order valence-corrected chi connectivity index (χ4v) is 2.88. The first kappa shape index (κ1) is 15.4. The Morgan fingerprint density at radius 1 is 1.18 bits per heavy atom. The van der Waals surface area contributed by atoms with Gasteiger partial charge in [-0.25, -0.2) is 9.37 Å². The van der Waals surface area contributed by atoms with Crippen molar-refractivity contribution in [2.24, 2.45) is 0 Å². The van der Waals surface area contributed by atoms with Gasteiger partial charge in [0.25, 0.3) is 0 Å². The van der Waals surface area contributed by atoms with Gasteiger partial charge in [0.1, 0.15) is 11.6 Å². The number of halogens is 2. The van der Waals surface area contributed by atoms with Crippen LogP contribution in [0.15, 0.2) is 18.2 Å². The van der Waals surface area contributed by atoms with E-state index in [1.807, 2.05) is 6.92 Å². The summed E-state index contributed by atoms with van der Waals surface area (Å²) in [4.78, 5) is 9.01. The van der Waals surface area contributed by atoms with Crippen LogP contribution in [0.5, 0.6) is 0 Å². The van der Waals surface area contributed by atoms with E-state index in [1.54, 1.807) is 6.07 Å². The fraction of sp³-hybridized carbons (Fsp3) is 0.467. The Hall–Kier alpha value is -1.50. The standard InChI is InChI=1S/C15H19ClFN5/c1-11-18-15(20-19-11)10-22-6-4-21(5-7-22)9-12-2-3-13(17)8-14(12)16/h2-3,8H,4-7,9-10H2,1H3,(H,18,19,20). The highest BCUT2D eigenvalue weighted by atomic mass is 35.5. The predicted octanol–water partition coefficient (Wildman–Crippen LogP) is 2.22. The molecule has 1 aromatic heterocycles. The SMILES string of the molecule is Cc1nc(CN2CCN(Cc3ccc(F)cc3Cl)CC2)n[nH]1. The molecule has 0 unspecified atom stereocenters. The fourth-order valence-electron chi connectivity index (χ4n) is 2.66. The summed E-state index contributed by atoms with van der Waals surface area (Å²) in [5, 5.41) is 7.54. The molecule has 7 heteroatoms. The molecule has 5 nitrogen and oxygen atoms in total. The molecule has 0 aliphatic carbocycles. The maximum atomic E-state index is 13.1. The zero-order chi connectivity index (χ0) is 15.5. The number of benzene rings is 1. The second kappa shape index (κ2) is 6.73. The van der Waals surface area contributed by atoms with Crippen molar-refractivity contribution in [1.82, 2.24) is 25.0 Å². The molecule has 0 atom stereocenters. The molecule has 0 radical (unpaired) electrons. The van der Waals surface area contributed by atoms with Gasteiger partial charge in [-0.15, -0.1) is 0 Å². The highest BCUT2D eigenvalue weighted by molar-refractivity contribution is 6.31. The summed E-state index contributed by atoms with van der Waals surface area (Å²) in [7, 11) is 0. The number of hydrogen-bond acceptors (Lipinski definition) is 4. The number of aromatic amines is 1. The van der Waals surface area contributed by atoms with E-state index in [1.165, 1.54) is 12.1 Å². The molecule has 1 aliphatic rings. The lowest BCUT2D eigenvalue weighted by molar-refractivity contribution is 0.120. The van der Waals surface area contributed by atoms with Crippen molar-refractivity contribution in [3.63, 3.8) is 0 Å². The normalized spacial score (nSPS) is 17.0. The minimum atomic E-state index is -0.291. The molecule has 0 amide bonds. The summed E-state index contributed by atoms with van der Waals surface area (Å²) in [5.41, 5.74) is 0.973. The Morgan fingerprint density at radius 3 is 2.45 bits per heavy atom. The van der Waals surface area contributed by atoms with Crippen LogP contribution in [0.25, 0.3) is 0 Å². The van der Waals surface area contributed by atoms with Crippen molar-refractivity contribution >= 4 is 11.6 Å². The monoisotopic (exact) mass is 323 g/mol. The van der Waals surface area contributed by atoms with Gasteiger partial charge in [-0.3, -0.25) is 14.9 Å². The van der Waals surface area contributed by atoms with Gasteiger partial charge in [0.05, 0.1) is 6.54 Å². The molecular formula is C15H19ClFN5. The summed E-state index contributed by atoms with van der Waals surface area (Å²) >= 11 is 6.09. The molecule has 0 saturated carbocycles. The maximum absolute atomic E-state index is 13.1. The van der Waals surface area contributed by atoms with Crippen LogP contribution in [-0.4, -0.2) is 51.2 Å². The molecule has 2 heterocycles. The van der Waals surface area contributed by atoms with Crippen LogP contribution in [0.2, 0.25) is 5.02 Å². The number of nitrogens with zero attached hydrogens (tertiary/aromatic N) is 4. The second-order valence-electron chi connectivity index (χ2n) is 5.63. The number of piperazine rings is 1. The lowest BCUT2D eigenvalue weighted by atomic mass is 10.2. The lowest BCUT2D eigenvalue weighted by Crippen LogP contribution is -2.45. The number of H-pyrrole nitrogens is 1. The lowest BCUT2D eigenvalue weighted by Gasteiger charge is -2.34. The van der Waals surface area contributed by atoms with Gasteiger partial charge in [0.2, 0.25) is 0 Å². The third-order valence-electron chi connectivity index (χ3n) is 3.88. The molecule has 0 spiro atoms. The van der Waals surface area contributed by atoms with Gasteiger partial charge < -0.3 is 0 Å². The Labute approximate surface area is 134 Å². The van der Waals surface area contributed by atoms with Gasteiger partial charge in [-0.2, -0.15) is 5.10 Å². The highest BCUT2D eigenvalue weighted by Crippen LogP contribution is 2.19. The van der Waals surface area contributed by atoms with E-state index in [0.717, 1.165) is 56.5 Å². The van der Waals surface area contributed by atoms with Crippen LogP contribution in [0.4, 0.5) is 4.39 Å². The van der Waals surface area contributed by atoms with Crippen molar-refractivity contribution in [2.45, 2.75) is 20.0 Å². The van der Waals surface area contributed by atoms with E-state index >= 15 is 0 Å². The van der Waals surface area contributed by atoms with E-state index in [-0.39, 0.29) is 5.82 Å². The number of rotatable bonds is 4. The van der Waals surface area contributed by atoms with Crippen LogP contribution in [-0.2, 0) is 13.1 Å². The number of aryl methyl sites for hydroxylation is 1. The van der Waals surface area contributed by atoms with Crippen molar-refractivity contribution in [2.75, 3.05) is 26.2 Å². The Morgan fingerprint density at radius 2 is 1.86 bits per heavy atom. The summed E-state index contributed by atoms with van der Waals surface area (Å²) < 4.78 is 13.1. The average Bonchev–Trinajstić information content (AvgIpc) is 2.89. The Bertz CT molecular complexity index is 637. The molecule has 22 heavy (non-hydrogen) atoms. The summed E-state index contributed by atoms with van der Waals surface area (Å²) in [6.07, 6.45) is 0. The quantitative estimate of drug-likeness (QED) is 0.937. The van der Waals surface area contributed by atoms with Gasteiger partial charge in [-0.1, -0.05) is 17.7 Å². The van der Waals surface area contributed by atoms with Gasteiger partial charge in [0, 0.05) is 37.7 Å². The molecule has 1 N–H and O–H groups in total. The summed E-state index contributed by atoms with van der Waals surface area (Å²) in [6.45, 7) is 7.27. The number of aromatic nitrogens is 3. The molecule has 3 rings (SSSR count). The van der Waals surface area contributed by atoms with E-state index < -0.39 is 0 Å². The van der Waals surface area contributed by atoms with Crippen LogP contribution in [0, 0.1) is 12.7 Å². The first-order chi connectivity index (χ1) is 10.6. The molecule has 2 aromatic rings. The average molecular weight is 324 g/mol. The molecule has 118 valence electrons. The van der Waals surface area contributed by atoms with Gasteiger partial charge in [-0.05, 0) is 24.6 Å². The van der Waals surface area contributed by atoms with E-state index in [0.29, 0.717) is 5.02 Å². The number of nitrogens with one attached hydrogen (secondary N) is 1. The largest absolute Gasteiger partial charge is 0.296 e. The van der Waals surface area contributed by atoms with Crippen molar-refractivity contribution in [3.05, 3.63) is 46.3 Å². The maximum Gasteiger partial charge on any atom is 0.164 e. The number of hydrogen-bond donors (Lipinski definition) is 1. The molecule has 1 fully saturated rings. The molecule has 1 aromatic carbocycles. The zero-order valence-corrected chi connectivity index (χ0v) is 13.3. The molecule has 1 saturated heterocycles. The molecular weight excluding hydrogens is 305 g/mol. The highest BCUT2D eigenvalue weighted by Gasteiger charge is 2.19. The van der Waals surface area contributed by atoms with Crippen LogP contribution < -0.4 is 0 Å². The zero-order valence-electron chi connectivity index (χ0n) is 12.5. The first-order valence-electron chi connectivity index (χ1n) is 7.36. The van der Waals surface area contributed by atoms with Crippen LogP contribution in [0.1, 0.15) is 17.2 Å². The Kier molecular flexibility index (Phi) is 4.71. The van der Waals surface area contributed by atoms with E-state index in [9.17, 15) is 4.39 Å². The van der Waals surface area contributed by atoms with Crippen molar-refractivity contribution in [3.8, 4) is 0 Å². The molecule has 1 aliphatic heterocycles.